The summed E-state index contributed by atoms with van der Waals surface area (Å²) in [4.78, 5) is 12.0. The largest absolute Gasteiger partial charge is 0.350 e. The lowest BCUT2D eigenvalue weighted by atomic mass is 10.1. The molecule has 4 N–H and O–H groups in total. The number of fused-ring (bicyclic) bond motifs is 1. The van der Waals surface area contributed by atoms with Gasteiger partial charge in [-0.2, -0.15) is 5.10 Å². The molecule has 0 atom stereocenters. The molecule has 0 radical (unpaired) electrons. The number of sulfonamides is 1. The van der Waals surface area contributed by atoms with Crippen molar-refractivity contribution in [3.05, 3.63) is 17.0 Å². The van der Waals surface area contributed by atoms with E-state index in [1.54, 1.807) is 13.8 Å². The summed E-state index contributed by atoms with van der Waals surface area (Å²) in [7, 11) is -3.37. The number of nitrogens with zero attached hydrogens (tertiary/aromatic N) is 1. The SMILES string of the molecule is CC(C)NS(=O)(=O)CCNC(=O)c1n[nH]c2c1CNCC2.Cl. The molecule has 1 aromatic heterocycles. The van der Waals surface area contributed by atoms with Crippen LogP contribution < -0.4 is 15.4 Å². The molecule has 0 unspecified atom stereocenters. The Labute approximate surface area is 136 Å². The molecule has 126 valence electrons. The number of hydrogen-bond donors (Lipinski definition) is 4. The molecule has 10 heteroatoms. The zero-order chi connectivity index (χ0) is 15.5. The summed E-state index contributed by atoms with van der Waals surface area (Å²) in [6, 6.07) is -0.157. The molecule has 0 bridgehead atoms. The van der Waals surface area contributed by atoms with Crippen molar-refractivity contribution in [1.82, 2.24) is 25.6 Å². The molecule has 0 saturated heterocycles. The number of carbonyl (C=O) groups is 1. The lowest BCUT2D eigenvalue weighted by molar-refractivity contribution is 0.0950. The first-order valence-corrected chi connectivity index (χ1v) is 8.59. The Balaban J connectivity index is 0.00000242. The van der Waals surface area contributed by atoms with Crippen LogP contribution in [0, 0.1) is 0 Å². The molecule has 1 aliphatic heterocycles. The van der Waals surface area contributed by atoms with E-state index in [0.717, 1.165) is 24.2 Å². The van der Waals surface area contributed by atoms with Crippen LogP contribution in [0.1, 0.15) is 35.6 Å². The Hall–Kier alpha value is -1.16. The zero-order valence-corrected chi connectivity index (χ0v) is 14.2. The second kappa shape index (κ2) is 7.91. The van der Waals surface area contributed by atoms with Crippen LogP contribution in [-0.2, 0) is 23.0 Å². The molecule has 1 aromatic rings. The second-order valence-corrected chi connectivity index (χ2v) is 7.18. The van der Waals surface area contributed by atoms with Crippen molar-refractivity contribution in [3.63, 3.8) is 0 Å². The fourth-order valence-electron chi connectivity index (χ4n) is 2.21. The first-order valence-electron chi connectivity index (χ1n) is 6.94. The highest BCUT2D eigenvalue weighted by atomic mass is 35.5. The smallest absolute Gasteiger partial charge is 0.272 e. The van der Waals surface area contributed by atoms with Crippen molar-refractivity contribution in [2.24, 2.45) is 0 Å². The van der Waals surface area contributed by atoms with Crippen LogP contribution in [0.25, 0.3) is 0 Å². The quantitative estimate of drug-likeness (QED) is 0.553. The van der Waals surface area contributed by atoms with E-state index >= 15 is 0 Å². The van der Waals surface area contributed by atoms with Crippen molar-refractivity contribution < 1.29 is 13.2 Å². The minimum absolute atomic E-state index is 0. The molecule has 2 heterocycles. The van der Waals surface area contributed by atoms with Crippen LogP contribution in [0.15, 0.2) is 0 Å². The van der Waals surface area contributed by atoms with E-state index in [2.05, 4.69) is 25.6 Å². The molecule has 0 aromatic carbocycles. The summed E-state index contributed by atoms with van der Waals surface area (Å²) in [6.45, 7) is 5.01. The van der Waals surface area contributed by atoms with Crippen molar-refractivity contribution in [2.45, 2.75) is 32.9 Å². The van der Waals surface area contributed by atoms with Gasteiger partial charge in [0.1, 0.15) is 0 Å². The van der Waals surface area contributed by atoms with Gasteiger partial charge in [-0.25, -0.2) is 13.1 Å². The van der Waals surface area contributed by atoms with Gasteiger partial charge in [-0.15, -0.1) is 12.4 Å². The Bertz CT molecular complexity index is 614. The molecule has 0 fully saturated rings. The minimum atomic E-state index is -3.37. The van der Waals surface area contributed by atoms with E-state index < -0.39 is 10.0 Å². The van der Waals surface area contributed by atoms with Gasteiger partial charge in [-0.1, -0.05) is 0 Å². The van der Waals surface area contributed by atoms with Gasteiger partial charge in [0, 0.05) is 43.4 Å². The normalized spacial score (nSPS) is 14.3. The Morgan fingerprint density at radius 2 is 2.14 bits per heavy atom. The summed E-state index contributed by atoms with van der Waals surface area (Å²) in [5, 5.41) is 12.7. The molecule has 22 heavy (non-hydrogen) atoms. The van der Waals surface area contributed by atoms with Crippen LogP contribution in [0.4, 0.5) is 0 Å². The average Bonchev–Trinajstić information content (AvgIpc) is 2.80. The van der Waals surface area contributed by atoms with E-state index in [1.807, 2.05) is 0 Å². The first-order chi connectivity index (χ1) is 9.89. The van der Waals surface area contributed by atoms with Gasteiger partial charge in [-0.3, -0.25) is 9.89 Å². The Morgan fingerprint density at radius 1 is 1.41 bits per heavy atom. The predicted octanol–water partition coefficient (Wildman–Crippen LogP) is -0.465. The molecular weight excluding hydrogens is 330 g/mol. The van der Waals surface area contributed by atoms with Gasteiger partial charge in [-0.05, 0) is 13.8 Å². The van der Waals surface area contributed by atoms with Crippen LogP contribution in [-0.4, -0.2) is 49.4 Å². The van der Waals surface area contributed by atoms with Crippen molar-refractivity contribution in [1.29, 1.82) is 0 Å². The maximum atomic E-state index is 12.0. The van der Waals surface area contributed by atoms with Gasteiger partial charge >= 0.3 is 0 Å². The van der Waals surface area contributed by atoms with Gasteiger partial charge in [0.2, 0.25) is 10.0 Å². The number of aromatic amines is 1. The first kappa shape index (κ1) is 18.9. The number of hydrogen-bond acceptors (Lipinski definition) is 5. The van der Waals surface area contributed by atoms with E-state index in [-0.39, 0.29) is 36.7 Å². The van der Waals surface area contributed by atoms with Crippen molar-refractivity contribution in [3.8, 4) is 0 Å². The van der Waals surface area contributed by atoms with Crippen LogP contribution >= 0.6 is 12.4 Å². The summed E-state index contributed by atoms with van der Waals surface area (Å²) in [5.41, 5.74) is 2.17. The average molecular weight is 352 g/mol. The number of amides is 1. The topological polar surface area (TPSA) is 116 Å². The molecule has 0 saturated carbocycles. The molecule has 0 aliphatic carbocycles. The molecule has 1 amide bonds. The van der Waals surface area contributed by atoms with Gasteiger partial charge < -0.3 is 10.6 Å². The number of nitrogens with one attached hydrogen (secondary N) is 4. The van der Waals surface area contributed by atoms with Crippen molar-refractivity contribution >= 4 is 28.3 Å². The second-order valence-electron chi connectivity index (χ2n) is 5.30. The maximum absolute atomic E-state index is 12.0. The van der Waals surface area contributed by atoms with Crippen LogP contribution in [0.2, 0.25) is 0 Å². The number of rotatable bonds is 6. The van der Waals surface area contributed by atoms with Gasteiger partial charge in [0.05, 0.1) is 5.75 Å². The fraction of sp³-hybridized carbons (Fsp3) is 0.667. The third-order valence-electron chi connectivity index (χ3n) is 3.09. The van der Waals surface area contributed by atoms with E-state index in [9.17, 15) is 13.2 Å². The minimum Gasteiger partial charge on any atom is -0.350 e. The van der Waals surface area contributed by atoms with Crippen molar-refractivity contribution in [2.75, 3.05) is 18.8 Å². The highest BCUT2D eigenvalue weighted by Crippen LogP contribution is 2.14. The number of aromatic nitrogens is 2. The Morgan fingerprint density at radius 3 is 2.82 bits per heavy atom. The zero-order valence-electron chi connectivity index (χ0n) is 12.6. The van der Waals surface area contributed by atoms with Crippen LogP contribution in [0.3, 0.4) is 0 Å². The predicted molar refractivity (Wildman–Crippen MR) is 85.6 cm³/mol. The molecule has 0 spiro atoms. The van der Waals surface area contributed by atoms with E-state index in [4.69, 9.17) is 0 Å². The standard InChI is InChI=1S/C12H21N5O3S.ClH/c1-8(2)17-21(19,20)6-5-14-12(18)11-9-7-13-4-3-10(9)15-16-11;/h8,13,17H,3-7H2,1-2H3,(H,14,18)(H,15,16);1H. The third kappa shape index (κ3) is 4.94. The number of carbonyl (C=O) groups excluding carboxylic acids is 1. The van der Waals surface area contributed by atoms with E-state index in [0.29, 0.717) is 12.2 Å². The number of H-pyrrole nitrogens is 1. The highest BCUT2D eigenvalue weighted by molar-refractivity contribution is 7.89. The van der Waals surface area contributed by atoms with E-state index in [1.165, 1.54) is 0 Å². The molecule has 8 nitrogen and oxygen atoms in total. The van der Waals surface area contributed by atoms with Crippen LogP contribution in [0.5, 0.6) is 0 Å². The molecule has 1 aliphatic rings. The summed E-state index contributed by atoms with van der Waals surface area (Å²) in [6.07, 6.45) is 0.808. The fourth-order valence-corrected chi connectivity index (χ4v) is 3.42. The number of halogens is 1. The lowest BCUT2D eigenvalue weighted by Crippen LogP contribution is -2.37. The third-order valence-corrected chi connectivity index (χ3v) is 4.67. The maximum Gasteiger partial charge on any atom is 0.272 e. The monoisotopic (exact) mass is 351 g/mol. The summed E-state index contributed by atoms with van der Waals surface area (Å²) < 4.78 is 25.8. The van der Waals surface area contributed by atoms with Gasteiger partial charge in [0.15, 0.2) is 5.69 Å². The molecule has 2 rings (SSSR count). The molecular formula is C12H22ClN5O3S. The Kier molecular flexibility index (Phi) is 6.79. The summed E-state index contributed by atoms with van der Waals surface area (Å²) in [5.74, 6) is -0.502. The summed E-state index contributed by atoms with van der Waals surface area (Å²) >= 11 is 0. The lowest BCUT2D eigenvalue weighted by Gasteiger charge is -2.13. The highest BCUT2D eigenvalue weighted by Gasteiger charge is 2.21. The van der Waals surface area contributed by atoms with Gasteiger partial charge in [0.25, 0.3) is 5.91 Å².